The molecule has 2 fully saturated rings. The molecule has 1 saturated heterocycles. The van der Waals surface area contributed by atoms with Crippen molar-refractivity contribution in [3.63, 3.8) is 0 Å². The molecule has 2 heterocycles. The minimum absolute atomic E-state index is 0.0255. The van der Waals surface area contributed by atoms with Crippen LogP contribution in [-0.2, 0) is 4.79 Å². The number of piperazine rings is 1. The second-order valence-corrected chi connectivity index (χ2v) is 5.81. The van der Waals surface area contributed by atoms with Crippen LogP contribution in [0.3, 0.4) is 0 Å². The summed E-state index contributed by atoms with van der Waals surface area (Å²) in [6.07, 6.45) is 3.99. The van der Waals surface area contributed by atoms with Crippen molar-refractivity contribution in [2.45, 2.75) is 19.3 Å². The Morgan fingerprint density at radius 3 is 2.50 bits per heavy atom. The molecule has 0 bridgehead atoms. The molecule has 1 aliphatic heterocycles. The number of carbonyl (C=O) groups is 1. The van der Waals surface area contributed by atoms with Gasteiger partial charge in [0.2, 0.25) is 5.91 Å². The summed E-state index contributed by atoms with van der Waals surface area (Å²) in [6, 6.07) is 7.86. The summed E-state index contributed by atoms with van der Waals surface area (Å²) < 4.78 is 0. The first-order valence-electron chi connectivity index (χ1n) is 7.51. The lowest BCUT2D eigenvalue weighted by atomic mass is 9.69. The third kappa shape index (κ3) is 2.27. The Bertz CT molecular complexity index is 660. The minimum atomic E-state index is -0.773. The molecule has 0 N–H and O–H groups in total. The Labute approximate surface area is 129 Å². The molecule has 2 aliphatic rings. The number of nitriles is 2. The third-order valence-corrected chi connectivity index (χ3v) is 4.60. The summed E-state index contributed by atoms with van der Waals surface area (Å²) in [5, 5.41) is 18.4. The van der Waals surface area contributed by atoms with Gasteiger partial charge in [0.25, 0.3) is 0 Å². The number of rotatable bonds is 2. The van der Waals surface area contributed by atoms with Gasteiger partial charge in [0.1, 0.15) is 17.3 Å². The second kappa shape index (κ2) is 5.65. The molecule has 1 aromatic rings. The van der Waals surface area contributed by atoms with Gasteiger partial charge in [-0.1, -0.05) is 0 Å². The van der Waals surface area contributed by atoms with Crippen molar-refractivity contribution in [3.05, 3.63) is 23.9 Å². The quantitative estimate of drug-likeness (QED) is 0.821. The van der Waals surface area contributed by atoms with Gasteiger partial charge in [0.05, 0.1) is 11.6 Å². The van der Waals surface area contributed by atoms with Crippen LogP contribution < -0.4 is 4.90 Å². The third-order valence-electron chi connectivity index (χ3n) is 4.60. The van der Waals surface area contributed by atoms with Crippen molar-refractivity contribution >= 4 is 11.7 Å². The monoisotopic (exact) mass is 295 g/mol. The number of pyridine rings is 1. The average Bonchev–Trinajstić information content (AvgIpc) is 2.54. The van der Waals surface area contributed by atoms with Crippen molar-refractivity contribution in [1.82, 2.24) is 9.88 Å². The first-order valence-corrected chi connectivity index (χ1v) is 7.51. The summed E-state index contributed by atoms with van der Waals surface area (Å²) in [5.41, 5.74) is -0.222. The van der Waals surface area contributed by atoms with Gasteiger partial charge in [0, 0.05) is 32.4 Å². The molecule has 1 aromatic heterocycles. The van der Waals surface area contributed by atoms with Crippen LogP contribution in [0.2, 0.25) is 0 Å². The van der Waals surface area contributed by atoms with E-state index in [0.717, 1.165) is 6.42 Å². The standard InChI is InChI=1S/C16H17N5O/c17-11-13-3-1-6-19-14(13)20-7-9-21(10-8-20)15(22)16(12-18)4-2-5-16/h1,3,6H,2,4-5,7-10H2. The maximum atomic E-state index is 12.5. The summed E-state index contributed by atoms with van der Waals surface area (Å²) >= 11 is 0. The van der Waals surface area contributed by atoms with Gasteiger partial charge in [0.15, 0.2) is 0 Å². The van der Waals surface area contributed by atoms with Crippen LogP contribution in [-0.4, -0.2) is 42.0 Å². The number of hydrogen-bond donors (Lipinski definition) is 0. The molecule has 6 nitrogen and oxygen atoms in total. The number of aromatic nitrogens is 1. The highest BCUT2D eigenvalue weighted by molar-refractivity contribution is 5.86. The predicted octanol–water partition coefficient (Wildman–Crippen LogP) is 1.30. The molecule has 6 heteroatoms. The van der Waals surface area contributed by atoms with Crippen LogP contribution in [0.4, 0.5) is 5.82 Å². The van der Waals surface area contributed by atoms with Gasteiger partial charge in [-0.05, 0) is 31.4 Å². The van der Waals surface area contributed by atoms with E-state index in [1.54, 1.807) is 23.2 Å². The van der Waals surface area contributed by atoms with Gasteiger partial charge in [-0.15, -0.1) is 0 Å². The van der Waals surface area contributed by atoms with Crippen molar-refractivity contribution in [3.8, 4) is 12.1 Å². The van der Waals surface area contributed by atoms with Crippen molar-refractivity contribution < 1.29 is 4.79 Å². The number of amides is 1. The highest BCUT2D eigenvalue weighted by Gasteiger charge is 2.47. The van der Waals surface area contributed by atoms with Gasteiger partial charge in [-0.2, -0.15) is 10.5 Å². The molecule has 0 radical (unpaired) electrons. The van der Waals surface area contributed by atoms with E-state index in [1.807, 2.05) is 4.90 Å². The zero-order valence-corrected chi connectivity index (χ0v) is 12.3. The smallest absolute Gasteiger partial charge is 0.243 e. The van der Waals surface area contributed by atoms with E-state index in [0.29, 0.717) is 50.4 Å². The fraction of sp³-hybridized carbons (Fsp3) is 0.500. The second-order valence-electron chi connectivity index (χ2n) is 5.81. The molecule has 1 amide bonds. The minimum Gasteiger partial charge on any atom is -0.352 e. The van der Waals surface area contributed by atoms with E-state index in [-0.39, 0.29) is 5.91 Å². The Morgan fingerprint density at radius 1 is 1.23 bits per heavy atom. The fourth-order valence-corrected chi connectivity index (χ4v) is 3.06. The Hall–Kier alpha value is -2.60. The summed E-state index contributed by atoms with van der Waals surface area (Å²) in [6.45, 7) is 2.42. The van der Waals surface area contributed by atoms with E-state index >= 15 is 0 Å². The first-order chi connectivity index (χ1) is 10.7. The molecule has 0 aromatic carbocycles. The largest absolute Gasteiger partial charge is 0.352 e. The van der Waals surface area contributed by atoms with Crippen LogP contribution in [0.5, 0.6) is 0 Å². The molecule has 3 rings (SSSR count). The average molecular weight is 295 g/mol. The molecule has 0 spiro atoms. The molecule has 112 valence electrons. The van der Waals surface area contributed by atoms with E-state index in [2.05, 4.69) is 17.1 Å². The van der Waals surface area contributed by atoms with Crippen LogP contribution in [0.1, 0.15) is 24.8 Å². The van der Waals surface area contributed by atoms with Gasteiger partial charge >= 0.3 is 0 Å². The van der Waals surface area contributed by atoms with Gasteiger partial charge in [-0.3, -0.25) is 4.79 Å². The Balaban J connectivity index is 1.67. The molecule has 1 aliphatic carbocycles. The van der Waals surface area contributed by atoms with Crippen LogP contribution >= 0.6 is 0 Å². The predicted molar refractivity (Wildman–Crippen MR) is 79.6 cm³/mol. The van der Waals surface area contributed by atoms with Crippen molar-refractivity contribution in [2.75, 3.05) is 31.1 Å². The molecule has 0 atom stereocenters. The van der Waals surface area contributed by atoms with Gasteiger partial charge < -0.3 is 9.80 Å². The molecular formula is C16H17N5O. The van der Waals surface area contributed by atoms with Crippen LogP contribution in [0, 0.1) is 28.1 Å². The summed E-state index contributed by atoms with van der Waals surface area (Å²) in [5.74, 6) is 0.651. The normalized spacial score (nSPS) is 19.7. The van der Waals surface area contributed by atoms with E-state index in [9.17, 15) is 10.1 Å². The fourth-order valence-electron chi connectivity index (χ4n) is 3.06. The number of anilines is 1. The zero-order valence-electron chi connectivity index (χ0n) is 12.3. The maximum Gasteiger partial charge on any atom is 0.243 e. The SMILES string of the molecule is N#Cc1cccnc1N1CCN(C(=O)C2(C#N)CCC2)CC1. The van der Waals surface area contributed by atoms with E-state index in [1.165, 1.54) is 0 Å². The number of nitrogens with zero attached hydrogens (tertiary/aromatic N) is 5. The first kappa shape index (κ1) is 14.3. The Kier molecular flexibility index (Phi) is 3.68. The highest BCUT2D eigenvalue weighted by atomic mass is 16.2. The van der Waals surface area contributed by atoms with Crippen molar-refractivity contribution in [1.29, 1.82) is 10.5 Å². The van der Waals surface area contributed by atoms with Gasteiger partial charge in [-0.25, -0.2) is 4.98 Å². The summed E-state index contributed by atoms with van der Waals surface area (Å²) in [4.78, 5) is 20.6. The lowest BCUT2D eigenvalue weighted by molar-refractivity contribution is -0.143. The molecule has 1 saturated carbocycles. The van der Waals surface area contributed by atoms with Crippen LogP contribution in [0.15, 0.2) is 18.3 Å². The topological polar surface area (TPSA) is 84.0 Å². The Morgan fingerprint density at radius 2 is 1.95 bits per heavy atom. The molecule has 0 unspecified atom stereocenters. The lowest BCUT2D eigenvalue weighted by Gasteiger charge is -2.42. The van der Waals surface area contributed by atoms with E-state index < -0.39 is 5.41 Å². The summed E-state index contributed by atoms with van der Waals surface area (Å²) in [7, 11) is 0. The number of hydrogen-bond acceptors (Lipinski definition) is 5. The zero-order chi connectivity index (χ0) is 15.6. The lowest BCUT2D eigenvalue weighted by Crippen LogP contribution is -2.54. The highest BCUT2D eigenvalue weighted by Crippen LogP contribution is 2.42. The van der Waals surface area contributed by atoms with Crippen molar-refractivity contribution in [2.24, 2.45) is 5.41 Å². The van der Waals surface area contributed by atoms with E-state index in [4.69, 9.17) is 5.26 Å². The number of carbonyl (C=O) groups excluding carboxylic acids is 1. The molecule has 22 heavy (non-hydrogen) atoms. The molecular weight excluding hydrogens is 278 g/mol. The maximum absolute atomic E-state index is 12.5. The van der Waals surface area contributed by atoms with Crippen LogP contribution in [0.25, 0.3) is 0 Å².